The fourth-order valence-electron chi connectivity index (χ4n) is 2.11. The highest BCUT2D eigenvalue weighted by Gasteiger charge is 2.66. The number of carbonyl (C=O) groups excluding carboxylic acids is 2. The van der Waals surface area contributed by atoms with Crippen molar-refractivity contribution in [2.24, 2.45) is 5.73 Å². The van der Waals surface area contributed by atoms with Crippen LogP contribution in [0.3, 0.4) is 0 Å². The third-order valence-corrected chi connectivity index (χ3v) is 3.41. The molecule has 1 rings (SSSR count). The molecular formula is C16H16F3N3O3. The number of rotatable bonds is 4. The number of methoxy groups -OCH3 is 1. The van der Waals surface area contributed by atoms with Gasteiger partial charge in [0, 0.05) is 11.3 Å². The fourth-order valence-corrected chi connectivity index (χ4v) is 2.11. The van der Waals surface area contributed by atoms with Crippen LogP contribution in [0, 0.1) is 18.3 Å². The lowest BCUT2D eigenvalue weighted by atomic mass is 9.87. The second-order valence-electron chi connectivity index (χ2n) is 5.23. The van der Waals surface area contributed by atoms with Gasteiger partial charge >= 0.3 is 12.1 Å². The van der Waals surface area contributed by atoms with Gasteiger partial charge in [-0.25, -0.2) is 4.79 Å². The summed E-state index contributed by atoms with van der Waals surface area (Å²) in [6, 6.07) is 6.84. The second-order valence-corrected chi connectivity index (χ2v) is 5.23. The van der Waals surface area contributed by atoms with Crippen LogP contribution in [0.1, 0.15) is 22.8 Å². The number of halogens is 3. The van der Waals surface area contributed by atoms with Gasteiger partial charge in [-0.15, -0.1) is 0 Å². The second kappa shape index (κ2) is 7.25. The van der Waals surface area contributed by atoms with E-state index in [4.69, 9.17) is 11.0 Å². The molecule has 0 aliphatic carbocycles. The maximum atomic E-state index is 13.8. The Balaban J connectivity index is 3.58. The van der Waals surface area contributed by atoms with Gasteiger partial charge < -0.3 is 15.8 Å². The highest BCUT2D eigenvalue weighted by Crippen LogP contribution is 2.38. The Kier molecular flexibility index (Phi) is 5.81. The number of aryl methyl sites for hydroxylation is 1. The number of nitriles is 1. The zero-order valence-corrected chi connectivity index (χ0v) is 13.7. The van der Waals surface area contributed by atoms with Gasteiger partial charge in [0.25, 0.3) is 11.4 Å². The molecule has 25 heavy (non-hydrogen) atoms. The van der Waals surface area contributed by atoms with E-state index in [0.717, 1.165) is 12.5 Å². The van der Waals surface area contributed by atoms with E-state index in [1.54, 1.807) is 12.2 Å². The van der Waals surface area contributed by atoms with E-state index in [9.17, 15) is 22.8 Å². The molecule has 0 radical (unpaired) electrons. The van der Waals surface area contributed by atoms with E-state index in [-0.39, 0.29) is 5.56 Å². The third kappa shape index (κ3) is 3.74. The summed E-state index contributed by atoms with van der Waals surface area (Å²) < 4.78 is 45.6. The number of carbonyl (C=O) groups is 2. The van der Waals surface area contributed by atoms with Crippen LogP contribution in [-0.2, 0) is 9.53 Å². The van der Waals surface area contributed by atoms with Gasteiger partial charge in [-0.3, -0.25) is 4.79 Å². The highest BCUT2D eigenvalue weighted by molar-refractivity contribution is 6.00. The molecule has 0 saturated carbocycles. The molecule has 1 amide bonds. The molecule has 0 fully saturated rings. The van der Waals surface area contributed by atoms with E-state index in [0.29, 0.717) is 7.11 Å². The predicted molar refractivity (Wildman–Crippen MR) is 81.9 cm³/mol. The molecule has 134 valence electrons. The van der Waals surface area contributed by atoms with Gasteiger partial charge in [0.2, 0.25) is 0 Å². The van der Waals surface area contributed by atoms with Crippen LogP contribution in [0.2, 0.25) is 0 Å². The Morgan fingerprint density at radius 2 is 1.76 bits per heavy atom. The molecule has 9 heteroatoms. The van der Waals surface area contributed by atoms with Crippen LogP contribution in [0.15, 0.2) is 35.5 Å². The Labute approximate surface area is 142 Å². The Bertz CT molecular complexity index is 745. The van der Waals surface area contributed by atoms with Gasteiger partial charge in [-0.1, -0.05) is 17.7 Å². The van der Waals surface area contributed by atoms with E-state index >= 15 is 0 Å². The van der Waals surface area contributed by atoms with Crippen molar-refractivity contribution in [1.82, 2.24) is 5.32 Å². The number of ether oxygens (including phenoxy) is 1. The standard InChI is InChI=1S/C16H16F3N3O3/c1-9-4-6-11(7-5-9)13(23)22-15(14(24)25-3,16(17,18)19)12(8-20)10(2)21/h4-7H,21H2,1-3H3,(H,22,23)/b12-10+. The number of hydrogen-bond donors (Lipinski definition) is 2. The minimum Gasteiger partial charge on any atom is -0.467 e. The molecule has 1 unspecified atom stereocenters. The van der Waals surface area contributed by atoms with Crippen LogP contribution in [-0.4, -0.2) is 30.7 Å². The van der Waals surface area contributed by atoms with Crippen LogP contribution in [0.4, 0.5) is 13.2 Å². The first-order valence-corrected chi connectivity index (χ1v) is 6.92. The summed E-state index contributed by atoms with van der Waals surface area (Å²) in [6.07, 6.45) is -5.37. The number of nitrogens with two attached hydrogens (primary N) is 1. The van der Waals surface area contributed by atoms with Crippen LogP contribution >= 0.6 is 0 Å². The van der Waals surface area contributed by atoms with Gasteiger partial charge in [0.15, 0.2) is 0 Å². The lowest BCUT2D eigenvalue weighted by Gasteiger charge is -2.33. The maximum Gasteiger partial charge on any atom is 0.427 e. The number of benzene rings is 1. The molecule has 0 heterocycles. The Morgan fingerprint density at radius 1 is 1.24 bits per heavy atom. The molecule has 3 N–H and O–H groups in total. The normalized spacial score (nSPS) is 14.6. The van der Waals surface area contributed by atoms with Crippen LogP contribution in [0.5, 0.6) is 0 Å². The number of nitrogens with zero attached hydrogens (tertiary/aromatic N) is 1. The first-order valence-electron chi connectivity index (χ1n) is 6.92. The molecule has 1 aromatic carbocycles. The van der Waals surface area contributed by atoms with Gasteiger partial charge in [-0.2, -0.15) is 18.4 Å². The van der Waals surface area contributed by atoms with Crippen LogP contribution < -0.4 is 11.1 Å². The number of amides is 1. The van der Waals surface area contributed by atoms with Gasteiger partial charge in [-0.05, 0) is 26.0 Å². The number of allylic oxidation sites excluding steroid dienone is 1. The molecule has 0 aliphatic heterocycles. The summed E-state index contributed by atoms with van der Waals surface area (Å²) in [7, 11) is 0.710. The molecule has 1 aromatic rings. The van der Waals surface area contributed by atoms with Gasteiger partial charge in [0.05, 0.1) is 18.8 Å². The SMILES string of the molecule is COC(=O)C(NC(=O)c1ccc(C)cc1)(/C(C#N)=C(\C)N)C(F)(F)F. The first kappa shape index (κ1) is 20.0. The van der Waals surface area contributed by atoms with E-state index in [2.05, 4.69) is 4.74 Å². The molecule has 0 spiro atoms. The number of nitrogens with one attached hydrogen (secondary N) is 1. The predicted octanol–water partition coefficient (Wildman–Crippen LogP) is 1.96. The zero-order valence-electron chi connectivity index (χ0n) is 13.7. The average molecular weight is 355 g/mol. The zero-order chi connectivity index (χ0) is 19.4. The molecule has 0 bridgehead atoms. The third-order valence-electron chi connectivity index (χ3n) is 3.41. The molecular weight excluding hydrogens is 339 g/mol. The molecule has 0 aliphatic rings. The largest absolute Gasteiger partial charge is 0.467 e. The maximum absolute atomic E-state index is 13.8. The number of hydrogen-bond acceptors (Lipinski definition) is 5. The summed E-state index contributed by atoms with van der Waals surface area (Å²) in [5.41, 5.74) is 0.559. The molecule has 1 atom stereocenters. The van der Waals surface area contributed by atoms with Crippen molar-refractivity contribution in [3.05, 3.63) is 46.7 Å². The number of alkyl halides is 3. The summed E-state index contributed by atoms with van der Waals surface area (Å²) in [4.78, 5) is 24.3. The number of esters is 1. The van der Waals surface area contributed by atoms with Crippen molar-refractivity contribution in [2.75, 3.05) is 7.11 Å². The summed E-state index contributed by atoms with van der Waals surface area (Å²) in [6.45, 7) is 2.74. The average Bonchev–Trinajstić information content (AvgIpc) is 2.52. The Morgan fingerprint density at radius 3 is 2.12 bits per heavy atom. The van der Waals surface area contributed by atoms with Crippen molar-refractivity contribution in [1.29, 1.82) is 5.26 Å². The van der Waals surface area contributed by atoms with E-state index in [1.807, 2.05) is 0 Å². The van der Waals surface area contributed by atoms with Crippen LogP contribution in [0.25, 0.3) is 0 Å². The summed E-state index contributed by atoms with van der Waals surface area (Å²) in [5.74, 6) is -3.08. The molecule has 0 saturated heterocycles. The van der Waals surface area contributed by atoms with E-state index < -0.39 is 34.9 Å². The fraction of sp³-hybridized carbons (Fsp3) is 0.312. The minimum absolute atomic E-state index is 0.130. The summed E-state index contributed by atoms with van der Waals surface area (Å²) >= 11 is 0. The molecule has 0 aromatic heterocycles. The van der Waals surface area contributed by atoms with Gasteiger partial charge in [0.1, 0.15) is 0 Å². The van der Waals surface area contributed by atoms with Crippen molar-refractivity contribution in [2.45, 2.75) is 25.6 Å². The Hall–Kier alpha value is -3.02. The van der Waals surface area contributed by atoms with Crippen molar-refractivity contribution in [3.63, 3.8) is 0 Å². The topological polar surface area (TPSA) is 105 Å². The monoisotopic (exact) mass is 355 g/mol. The van der Waals surface area contributed by atoms with Crippen molar-refractivity contribution >= 4 is 11.9 Å². The highest BCUT2D eigenvalue weighted by atomic mass is 19.4. The minimum atomic E-state index is -5.37. The lowest BCUT2D eigenvalue weighted by Crippen LogP contribution is -2.65. The lowest BCUT2D eigenvalue weighted by molar-refractivity contribution is -0.200. The quantitative estimate of drug-likeness (QED) is 0.634. The van der Waals surface area contributed by atoms with Crippen molar-refractivity contribution in [3.8, 4) is 6.07 Å². The summed E-state index contributed by atoms with van der Waals surface area (Å²) in [5, 5.41) is 10.7. The van der Waals surface area contributed by atoms with E-state index in [1.165, 1.54) is 30.3 Å². The first-order chi connectivity index (χ1) is 11.5. The molecule has 6 nitrogen and oxygen atoms in total. The van der Waals surface area contributed by atoms with Crippen molar-refractivity contribution < 1.29 is 27.5 Å². The smallest absolute Gasteiger partial charge is 0.427 e.